The zero-order chi connectivity index (χ0) is 10.7. The van der Waals surface area contributed by atoms with Gasteiger partial charge in [-0.3, -0.25) is 0 Å². The zero-order valence-electron chi connectivity index (χ0n) is 9.06. The number of hydrogen-bond donors (Lipinski definition) is 0. The molecule has 3 nitrogen and oxygen atoms in total. The molecule has 79 valence electrons. The van der Waals surface area contributed by atoms with Gasteiger partial charge in [-0.1, -0.05) is 0 Å². The van der Waals surface area contributed by atoms with E-state index in [1.54, 1.807) is 0 Å². The van der Waals surface area contributed by atoms with Crippen molar-refractivity contribution in [1.29, 1.82) is 0 Å². The van der Waals surface area contributed by atoms with Gasteiger partial charge in [0.05, 0.1) is 0 Å². The van der Waals surface area contributed by atoms with Crippen molar-refractivity contribution < 1.29 is 31.2 Å². The van der Waals surface area contributed by atoms with Gasteiger partial charge in [0.1, 0.15) is 17.3 Å². The van der Waals surface area contributed by atoms with Gasteiger partial charge in [0, 0.05) is 0 Å². The third kappa shape index (κ3) is 4460. The maximum absolute atomic E-state index is 9.44. The Balaban J connectivity index is -0.0000000450. The fourth-order valence-corrected chi connectivity index (χ4v) is 0. The van der Waals surface area contributed by atoms with Crippen LogP contribution in [0.25, 0.3) is 0 Å². The molecule has 0 heterocycles. The molecule has 0 aliphatic rings. The van der Waals surface area contributed by atoms with E-state index in [-0.39, 0.29) is 34.1 Å². The summed E-state index contributed by atoms with van der Waals surface area (Å²) in [7, 11) is 0. The molecule has 0 amide bonds. The Kier molecular flexibility index (Phi) is 30.9. The maximum atomic E-state index is 9.44. The van der Waals surface area contributed by atoms with Crippen molar-refractivity contribution in [2.75, 3.05) is 0 Å². The van der Waals surface area contributed by atoms with E-state index in [1.807, 2.05) is 0 Å². The first kappa shape index (κ1) is 22.9. The van der Waals surface area contributed by atoms with E-state index in [1.165, 1.54) is 41.5 Å². The molecule has 0 aromatic carbocycles. The normalized spacial score (nSPS) is 6.00. The molecule has 0 rings (SSSR count). The maximum Gasteiger partial charge on any atom is 2.00 e. The van der Waals surface area contributed by atoms with Crippen LogP contribution < -0.4 is 0 Å². The van der Waals surface area contributed by atoms with Crippen molar-refractivity contribution >= 4 is 17.3 Å². The smallest absolute Gasteiger partial charge is 0.300 e. The zero-order valence-corrected chi connectivity index (χ0v) is 10.1. The summed E-state index contributed by atoms with van der Waals surface area (Å²) in [6.45, 7) is 9.17. The van der Waals surface area contributed by atoms with Crippen LogP contribution in [0, 0.1) is 0 Å². The van der Waals surface area contributed by atoms with E-state index < -0.39 is 0 Å². The fourth-order valence-electron chi connectivity index (χ4n) is 0. The molecular formula is C9H18CoO3+2. The summed E-state index contributed by atoms with van der Waals surface area (Å²) in [6, 6.07) is 0. The molecule has 0 aliphatic carbocycles. The number of carbonyl (C=O) groups is 3. The van der Waals surface area contributed by atoms with Crippen LogP contribution in [-0.2, 0) is 31.2 Å². The average molecular weight is 233 g/mol. The Morgan fingerprint density at radius 2 is 0.538 bits per heavy atom. The van der Waals surface area contributed by atoms with Crippen LogP contribution in [0.2, 0.25) is 0 Å². The van der Waals surface area contributed by atoms with Crippen molar-refractivity contribution in [3.05, 3.63) is 0 Å². The summed E-state index contributed by atoms with van der Waals surface area (Å²) in [5, 5.41) is 0. The Bertz CT molecular complexity index is 112. The quantitative estimate of drug-likeness (QED) is 0.640. The molecule has 0 aliphatic heterocycles. The SMILES string of the molecule is CC(C)=O.CC(C)=O.CC(C)=O.[Co+2]. The van der Waals surface area contributed by atoms with E-state index in [4.69, 9.17) is 0 Å². The number of hydrogen-bond acceptors (Lipinski definition) is 3. The van der Waals surface area contributed by atoms with Crippen LogP contribution in [0.3, 0.4) is 0 Å². The van der Waals surface area contributed by atoms with Crippen LogP contribution in [0.4, 0.5) is 0 Å². The van der Waals surface area contributed by atoms with Gasteiger partial charge in [0.25, 0.3) is 0 Å². The molecule has 0 saturated heterocycles. The molecule has 0 aromatic heterocycles. The minimum Gasteiger partial charge on any atom is -0.300 e. The monoisotopic (exact) mass is 233 g/mol. The van der Waals surface area contributed by atoms with Gasteiger partial charge in [0.2, 0.25) is 0 Å². The average Bonchev–Trinajstić information content (AvgIpc) is 1.54. The number of ketones is 3. The Labute approximate surface area is 90.5 Å². The van der Waals surface area contributed by atoms with Crippen molar-refractivity contribution in [2.24, 2.45) is 0 Å². The second-order valence-electron chi connectivity index (χ2n) is 2.72. The summed E-state index contributed by atoms with van der Waals surface area (Å²) < 4.78 is 0. The number of rotatable bonds is 0. The molecule has 0 atom stereocenters. The third-order valence-corrected chi connectivity index (χ3v) is 0. The minimum atomic E-state index is 0. The van der Waals surface area contributed by atoms with Crippen LogP contribution >= 0.6 is 0 Å². The van der Waals surface area contributed by atoms with Crippen molar-refractivity contribution in [1.82, 2.24) is 0 Å². The van der Waals surface area contributed by atoms with E-state index in [0.717, 1.165) is 0 Å². The Morgan fingerprint density at radius 1 is 0.538 bits per heavy atom. The second kappa shape index (κ2) is 17.6. The van der Waals surface area contributed by atoms with Gasteiger partial charge in [-0.2, -0.15) is 0 Å². The van der Waals surface area contributed by atoms with Gasteiger partial charge >= 0.3 is 16.8 Å². The first-order valence-corrected chi connectivity index (χ1v) is 3.61. The molecule has 0 spiro atoms. The van der Waals surface area contributed by atoms with Crippen molar-refractivity contribution in [2.45, 2.75) is 41.5 Å². The fraction of sp³-hybridized carbons (Fsp3) is 0.667. The number of carbonyl (C=O) groups excluding carboxylic acids is 3. The van der Waals surface area contributed by atoms with Crippen LogP contribution in [0.5, 0.6) is 0 Å². The van der Waals surface area contributed by atoms with Crippen molar-refractivity contribution in [3.8, 4) is 0 Å². The van der Waals surface area contributed by atoms with Gasteiger partial charge < -0.3 is 14.4 Å². The van der Waals surface area contributed by atoms with E-state index in [0.29, 0.717) is 0 Å². The molecule has 1 radical (unpaired) electrons. The molecule has 0 N–H and O–H groups in total. The van der Waals surface area contributed by atoms with E-state index >= 15 is 0 Å². The van der Waals surface area contributed by atoms with Crippen LogP contribution in [0.1, 0.15) is 41.5 Å². The van der Waals surface area contributed by atoms with E-state index in [2.05, 4.69) is 0 Å². The summed E-state index contributed by atoms with van der Waals surface area (Å²) in [4.78, 5) is 28.3. The predicted molar refractivity (Wildman–Crippen MR) is 49.1 cm³/mol. The summed E-state index contributed by atoms with van der Waals surface area (Å²) in [5.41, 5.74) is 0. The standard InChI is InChI=1S/3C3H6O.Co/c3*1-3(2)4;/h3*1-2H3;/q;;;+2. The first-order chi connectivity index (χ1) is 5.20. The molecule has 0 fully saturated rings. The summed E-state index contributed by atoms with van der Waals surface area (Å²) in [5.74, 6) is 0.500. The first-order valence-electron chi connectivity index (χ1n) is 3.61. The van der Waals surface area contributed by atoms with E-state index in [9.17, 15) is 14.4 Å². The molecular weight excluding hydrogens is 215 g/mol. The molecule has 0 aromatic rings. The molecule has 0 unspecified atom stereocenters. The van der Waals surface area contributed by atoms with Gasteiger partial charge in [-0.15, -0.1) is 0 Å². The summed E-state index contributed by atoms with van der Waals surface area (Å²) in [6.07, 6.45) is 0. The second-order valence-corrected chi connectivity index (χ2v) is 2.72. The Hall–Kier alpha value is -0.484. The largest absolute Gasteiger partial charge is 2.00 e. The predicted octanol–water partition coefficient (Wildman–Crippen LogP) is 1.78. The molecule has 0 saturated carbocycles. The van der Waals surface area contributed by atoms with Gasteiger partial charge in [0.15, 0.2) is 0 Å². The summed E-state index contributed by atoms with van der Waals surface area (Å²) >= 11 is 0. The number of Topliss-reactive ketones (excluding diaryl/α,β-unsaturated/α-hetero) is 3. The Morgan fingerprint density at radius 3 is 0.538 bits per heavy atom. The van der Waals surface area contributed by atoms with Crippen LogP contribution in [0.15, 0.2) is 0 Å². The molecule has 13 heavy (non-hydrogen) atoms. The minimum absolute atomic E-state index is 0. The molecule has 4 heteroatoms. The van der Waals surface area contributed by atoms with Crippen molar-refractivity contribution in [3.63, 3.8) is 0 Å². The van der Waals surface area contributed by atoms with Gasteiger partial charge in [-0.25, -0.2) is 0 Å². The topological polar surface area (TPSA) is 51.2 Å². The van der Waals surface area contributed by atoms with Gasteiger partial charge in [-0.05, 0) is 41.5 Å². The molecule has 0 bridgehead atoms. The third-order valence-electron chi connectivity index (χ3n) is 0. The van der Waals surface area contributed by atoms with Crippen LogP contribution in [-0.4, -0.2) is 17.3 Å².